The van der Waals surface area contributed by atoms with E-state index in [1.165, 1.54) is 19.1 Å². The Kier molecular flexibility index (Phi) is 5.38. The van der Waals surface area contributed by atoms with Gasteiger partial charge in [-0.15, -0.1) is 0 Å². The molecule has 0 fully saturated rings. The van der Waals surface area contributed by atoms with E-state index in [0.717, 1.165) is 10.5 Å². The number of esters is 1. The van der Waals surface area contributed by atoms with Crippen molar-refractivity contribution in [3.05, 3.63) is 70.8 Å². The first-order valence-electron chi connectivity index (χ1n) is 9.39. The highest BCUT2D eigenvalue weighted by atomic mass is 16.5. The molecule has 1 unspecified atom stereocenters. The van der Waals surface area contributed by atoms with E-state index in [1.54, 1.807) is 24.3 Å². The minimum absolute atomic E-state index is 0.0357. The zero-order chi connectivity index (χ0) is 21.3. The summed E-state index contributed by atoms with van der Waals surface area (Å²) in [5, 5.41) is 0. The third-order valence-electron chi connectivity index (χ3n) is 4.88. The topological polar surface area (TPSA) is 80.8 Å². The number of rotatable bonds is 5. The van der Waals surface area contributed by atoms with Gasteiger partial charge in [-0.2, -0.15) is 0 Å². The van der Waals surface area contributed by atoms with Crippen LogP contribution in [0.1, 0.15) is 64.3 Å². The Labute approximate surface area is 169 Å². The largest absolute Gasteiger partial charge is 0.453 e. The molecule has 1 atom stereocenters. The SMILES string of the molecule is CC(OC(=O)CN1C(=O)c2ccccc2C1=O)C(=O)c1ccc(C(C)(C)C)cc1. The molecule has 0 saturated heterocycles. The van der Waals surface area contributed by atoms with Gasteiger partial charge in [-0.25, -0.2) is 0 Å². The summed E-state index contributed by atoms with van der Waals surface area (Å²) in [5.74, 6) is -2.24. The first kappa shape index (κ1) is 20.5. The Bertz CT molecular complexity index is 950. The lowest BCUT2D eigenvalue weighted by Gasteiger charge is -2.19. The number of ether oxygens (including phenoxy) is 1. The zero-order valence-electron chi connectivity index (χ0n) is 16.9. The maximum Gasteiger partial charge on any atom is 0.326 e. The quantitative estimate of drug-likeness (QED) is 0.442. The lowest BCUT2D eigenvalue weighted by atomic mass is 9.86. The molecule has 29 heavy (non-hydrogen) atoms. The first-order chi connectivity index (χ1) is 13.6. The number of carbonyl (C=O) groups excluding carboxylic acids is 4. The predicted octanol–water partition coefficient (Wildman–Crippen LogP) is 3.39. The van der Waals surface area contributed by atoms with Crippen LogP contribution in [-0.4, -0.2) is 41.1 Å². The van der Waals surface area contributed by atoms with Crippen molar-refractivity contribution in [2.24, 2.45) is 0 Å². The van der Waals surface area contributed by atoms with E-state index >= 15 is 0 Å². The number of Topliss-reactive ketones (excluding diaryl/α,β-unsaturated/α-hetero) is 1. The highest BCUT2D eigenvalue weighted by molar-refractivity contribution is 6.22. The van der Waals surface area contributed by atoms with Crippen LogP contribution in [0.4, 0.5) is 0 Å². The lowest BCUT2D eigenvalue weighted by molar-refractivity contribution is -0.146. The first-order valence-corrected chi connectivity index (χ1v) is 9.39. The van der Waals surface area contributed by atoms with Crippen molar-refractivity contribution in [2.45, 2.75) is 39.2 Å². The smallest absolute Gasteiger partial charge is 0.326 e. The van der Waals surface area contributed by atoms with Gasteiger partial charge in [0.15, 0.2) is 6.10 Å². The molecular formula is C23H23NO5. The number of ketones is 1. The molecule has 0 aromatic heterocycles. The number of hydrogen-bond donors (Lipinski definition) is 0. The summed E-state index contributed by atoms with van der Waals surface area (Å²) in [5.41, 5.74) is 2.00. The second-order valence-corrected chi connectivity index (χ2v) is 8.07. The Balaban J connectivity index is 1.63. The van der Waals surface area contributed by atoms with Crippen LogP contribution in [0.3, 0.4) is 0 Å². The summed E-state index contributed by atoms with van der Waals surface area (Å²) >= 11 is 0. The van der Waals surface area contributed by atoms with E-state index < -0.39 is 30.4 Å². The molecule has 0 spiro atoms. The Morgan fingerprint density at radius 2 is 1.45 bits per heavy atom. The number of amides is 2. The number of carbonyl (C=O) groups is 4. The fourth-order valence-corrected chi connectivity index (χ4v) is 3.17. The van der Waals surface area contributed by atoms with Gasteiger partial charge in [-0.05, 0) is 30.0 Å². The van der Waals surface area contributed by atoms with Crippen LogP contribution in [-0.2, 0) is 14.9 Å². The third-order valence-corrected chi connectivity index (χ3v) is 4.88. The van der Waals surface area contributed by atoms with Crippen molar-refractivity contribution >= 4 is 23.6 Å². The van der Waals surface area contributed by atoms with Crippen molar-refractivity contribution in [3.63, 3.8) is 0 Å². The minimum Gasteiger partial charge on any atom is -0.453 e. The maximum atomic E-state index is 12.6. The van der Waals surface area contributed by atoms with E-state index in [0.29, 0.717) is 5.56 Å². The minimum atomic E-state index is -1.03. The van der Waals surface area contributed by atoms with Crippen molar-refractivity contribution < 1.29 is 23.9 Å². The summed E-state index contributed by atoms with van der Waals surface area (Å²) in [6, 6.07) is 13.5. The van der Waals surface area contributed by atoms with E-state index in [4.69, 9.17) is 4.74 Å². The van der Waals surface area contributed by atoms with Crippen LogP contribution < -0.4 is 0 Å². The summed E-state index contributed by atoms with van der Waals surface area (Å²) in [6.45, 7) is 7.17. The van der Waals surface area contributed by atoms with Crippen LogP contribution in [0.5, 0.6) is 0 Å². The fraction of sp³-hybridized carbons (Fsp3) is 0.304. The zero-order valence-corrected chi connectivity index (χ0v) is 16.9. The van der Waals surface area contributed by atoms with Gasteiger partial charge in [0.05, 0.1) is 11.1 Å². The average molecular weight is 393 g/mol. The number of nitrogens with zero attached hydrogens (tertiary/aromatic N) is 1. The predicted molar refractivity (Wildman–Crippen MR) is 107 cm³/mol. The van der Waals surface area contributed by atoms with E-state index in [-0.39, 0.29) is 22.3 Å². The van der Waals surface area contributed by atoms with Crippen LogP contribution in [0.15, 0.2) is 48.5 Å². The van der Waals surface area contributed by atoms with E-state index in [9.17, 15) is 19.2 Å². The molecule has 0 bridgehead atoms. The molecule has 2 amide bonds. The van der Waals surface area contributed by atoms with Crippen LogP contribution >= 0.6 is 0 Å². The molecule has 0 aliphatic carbocycles. The average Bonchev–Trinajstić information content (AvgIpc) is 2.92. The molecule has 1 heterocycles. The van der Waals surface area contributed by atoms with Crippen molar-refractivity contribution in [2.75, 3.05) is 6.54 Å². The van der Waals surface area contributed by atoms with Crippen molar-refractivity contribution in [1.82, 2.24) is 4.90 Å². The highest BCUT2D eigenvalue weighted by Crippen LogP contribution is 2.24. The van der Waals surface area contributed by atoms with Gasteiger partial charge in [0.25, 0.3) is 11.8 Å². The Hall–Kier alpha value is -3.28. The Morgan fingerprint density at radius 3 is 1.93 bits per heavy atom. The Morgan fingerprint density at radius 1 is 0.931 bits per heavy atom. The second-order valence-electron chi connectivity index (χ2n) is 8.07. The summed E-state index contributed by atoms with van der Waals surface area (Å²) in [6.07, 6.45) is -1.03. The second kappa shape index (κ2) is 7.62. The van der Waals surface area contributed by atoms with E-state index in [2.05, 4.69) is 20.8 Å². The van der Waals surface area contributed by atoms with Crippen LogP contribution in [0.2, 0.25) is 0 Å². The van der Waals surface area contributed by atoms with Crippen molar-refractivity contribution in [3.8, 4) is 0 Å². The van der Waals surface area contributed by atoms with Crippen LogP contribution in [0, 0.1) is 0 Å². The van der Waals surface area contributed by atoms with Crippen LogP contribution in [0.25, 0.3) is 0 Å². The number of benzene rings is 2. The number of fused-ring (bicyclic) bond motifs is 1. The van der Waals surface area contributed by atoms with Gasteiger partial charge in [0.1, 0.15) is 6.54 Å². The molecule has 150 valence electrons. The van der Waals surface area contributed by atoms with Crippen molar-refractivity contribution in [1.29, 1.82) is 0 Å². The van der Waals surface area contributed by atoms with E-state index in [1.807, 2.05) is 12.1 Å². The lowest BCUT2D eigenvalue weighted by Crippen LogP contribution is -2.37. The molecule has 0 saturated carbocycles. The summed E-state index contributed by atoms with van der Waals surface area (Å²) in [4.78, 5) is 50.3. The normalized spacial score (nSPS) is 14.6. The molecular weight excluding hydrogens is 370 g/mol. The molecule has 6 heteroatoms. The summed E-state index contributed by atoms with van der Waals surface area (Å²) < 4.78 is 5.19. The number of imide groups is 1. The van der Waals surface area contributed by atoms with Gasteiger partial charge in [0.2, 0.25) is 5.78 Å². The molecule has 0 N–H and O–H groups in total. The molecule has 2 aromatic rings. The number of hydrogen-bond acceptors (Lipinski definition) is 5. The maximum absolute atomic E-state index is 12.6. The third kappa shape index (κ3) is 4.11. The molecule has 1 aliphatic rings. The molecule has 2 aromatic carbocycles. The highest BCUT2D eigenvalue weighted by Gasteiger charge is 2.37. The standard InChI is InChI=1S/C23H23NO5/c1-14(20(26)15-9-11-16(12-10-15)23(2,3)4)29-19(25)13-24-21(27)17-7-5-6-8-18(17)22(24)28/h5-12,14H,13H2,1-4H3. The van der Waals surface area contributed by atoms with Gasteiger partial charge in [-0.1, -0.05) is 57.2 Å². The molecule has 6 nitrogen and oxygen atoms in total. The van der Waals surface area contributed by atoms with Gasteiger partial charge in [0, 0.05) is 5.56 Å². The van der Waals surface area contributed by atoms with Gasteiger partial charge < -0.3 is 4.74 Å². The molecule has 0 radical (unpaired) electrons. The fourth-order valence-electron chi connectivity index (χ4n) is 3.17. The summed E-state index contributed by atoms with van der Waals surface area (Å²) in [7, 11) is 0. The van der Waals surface area contributed by atoms with Gasteiger partial charge in [-0.3, -0.25) is 24.1 Å². The monoisotopic (exact) mass is 393 g/mol. The molecule has 3 rings (SSSR count). The molecule has 1 aliphatic heterocycles. The van der Waals surface area contributed by atoms with Gasteiger partial charge >= 0.3 is 5.97 Å².